The molecule has 5 heteroatoms. The monoisotopic (exact) mass is 253 g/mol. The number of fused-ring (bicyclic) bond motifs is 1. The number of rotatable bonds is 2. The van der Waals surface area contributed by atoms with E-state index in [-0.39, 0.29) is 5.56 Å². The second-order valence-electron chi connectivity index (χ2n) is 4.25. The fraction of sp³-hybridized carbons (Fsp3) is 0.0714. The maximum absolute atomic E-state index is 11.4. The SMILES string of the molecule is Cc1ccnc(-n2ncc3ccccc32)c1C(=O)O. The van der Waals surface area contributed by atoms with Gasteiger partial charge < -0.3 is 5.11 Å². The van der Waals surface area contributed by atoms with Crippen LogP contribution in [0, 0.1) is 6.92 Å². The number of benzene rings is 1. The molecule has 1 aromatic carbocycles. The summed E-state index contributed by atoms with van der Waals surface area (Å²) in [6.07, 6.45) is 3.29. The van der Waals surface area contributed by atoms with E-state index in [1.807, 2.05) is 24.3 Å². The first-order chi connectivity index (χ1) is 9.18. The van der Waals surface area contributed by atoms with Crippen LogP contribution in [0.2, 0.25) is 0 Å². The first-order valence-corrected chi connectivity index (χ1v) is 5.80. The van der Waals surface area contributed by atoms with Crippen LogP contribution in [0.5, 0.6) is 0 Å². The standard InChI is InChI=1S/C14H11N3O2/c1-9-6-7-15-13(12(9)14(18)19)17-11-5-3-2-4-10(11)8-16-17/h2-8H,1H3,(H,18,19). The fourth-order valence-electron chi connectivity index (χ4n) is 2.11. The van der Waals surface area contributed by atoms with E-state index in [0.29, 0.717) is 11.4 Å². The van der Waals surface area contributed by atoms with Gasteiger partial charge in [0.25, 0.3) is 0 Å². The van der Waals surface area contributed by atoms with Crippen molar-refractivity contribution in [2.45, 2.75) is 6.92 Å². The third kappa shape index (κ3) is 1.76. The molecule has 2 aromatic heterocycles. The van der Waals surface area contributed by atoms with Crippen LogP contribution >= 0.6 is 0 Å². The van der Waals surface area contributed by atoms with E-state index in [4.69, 9.17) is 0 Å². The van der Waals surface area contributed by atoms with Gasteiger partial charge >= 0.3 is 5.97 Å². The molecular formula is C14H11N3O2. The highest BCUT2D eigenvalue weighted by Gasteiger charge is 2.17. The van der Waals surface area contributed by atoms with Crippen molar-refractivity contribution in [2.24, 2.45) is 0 Å². The van der Waals surface area contributed by atoms with E-state index in [2.05, 4.69) is 10.1 Å². The van der Waals surface area contributed by atoms with Gasteiger partial charge in [-0.05, 0) is 24.6 Å². The van der Waals surface area contributed by atoms with Gasteiger partial charge in [-0.2, -0.15) is 5.10 Å². The zero-order chi connectivity index (χ0) is 13.4. The van der Waals surface area contributed by atoms with E-state index in [1.165, 1.54) is 0 Å². The van der Waals surface area contributed by atoms with Gasteiger partial charge in [-0.3, -0.25) is 0 Å². The van der Waals surface area contributed by atoms with Gasteiger partial charge in [-0.1, -0.05) is 18.2 Å². The van der Waals surface area contributed by atoms with E-state index in [9.17, 15) is 9.90 Å². The zero-order valence-electron chi connectivity index (χ0n) is 10.2. The number of aromatic carboxylic acids is 1. The Labute approximate surface area is 109 Å². The van der Waals surface area contributed by atoms with Gasteiger partial charge in [0.2, 0.25) is 0 Å². The summed E-state index contributed by atoms with van der Waals surface area (Å²) >= 11 is 0. The van der Waals surface area contributed by atoms with Crippen LogP contribution in [-0.4, -0.2) is 25.8 Å². The minimum Gasteiger partial charge on any atom is -0.478 e. The van der Waals surface area contributed by atoms with Crippen molar-refractivity contribution in [1.29, 1.82) is 0 Å². The minimum atomic E-state index is -1.000. The van der Waals surface area contributed by atoms with Gasteiger partial charge in [0.1, 0.15) is 5.56 Å². The maximum Gasteiger partial charge on any atom is 0.339 e. The number of carboxylic acid groups (broad SMARTS) is 1. The third-order valence-corrected chi connectivity index (χ3v) is 3.03. The molecule has 1 N–H and O–H groups in total. The molecule has 0 aliphatic rings. The molecule has 2 heterocycles. The lowest BCUT2D eigenvalue weighted by Crippen LogP contribution is -2.10. The Morgan fingerprint density at radius 1 is 1.26 bits per heavy atom. The predicted molar refractivity (Wildman–Crippen MR) is 70.6 cm³/mol. The fourth-order valence-corrected chi connectivity index (χ4v) is 2.11. The van der Waals surface area contributed by atoms with Crippen LogP contribution in [0.1, 0.15) is 15.9 Å². The Kier molecular flexibility index (Phi) is 2.52. The molecular weight excluding hydrogens is 242 g/mol. The molecule has 0 unspecified atom stereocenters. The van der Waals surface area contributed by atoms with Crippen LogP contribution in [0.15, 0.2) is 42.7 Å². The van der Waals surface area contributed by atoms with E-state index >= 15 is 0 Å². The van der Waals surface area contributed by atoms with Crippen molar-refractivity contribution < 1.29 is 9.90 Å². The Bertz CT molecular complexity index is 777. The number of hydrogen-bond acceptors (Lipinski definition) is 3. The highest BCUT2D eigenvalue weighted by atomic mass is 16.4. The van der Waals surface area contributed by atoms with Gasteiger partial charge in [0.15, 0.2) is 5.82 Å². The Hall–Kier alpha value is -2.69. The molecule has 0 atom stereocenters. The lowest BCUT2D eigenvalue weighted by molar-refractivity contribution is 0.0695. The number of carbonyl (C=O) groups is 1. The average Bonchev–Trinajstić information content (AvgIpc) is 2.81. The van der Waals surface area contributed by atoms with Gasteiger partial charge in [-0.15, -0.1) is 0 Å². The van der Waals surface area contributed by atoms with Crippen molar-refractivity contribution in [3.05, 3.63) is 53.9 Å². The van der Waals surface area contributed by atoms with Gasteiger partial charge in [0, 0.05) is 11.6 Å². The molecule has 3 aromatic rings. The number of pyridine rings is 1. The Balaban J connectivity index is 2.33. The van der Waals surface area contributed by atoms with Crippen molar-refractivity contribution in [2.75, 3.05) is 0 Å². The predicted octanol–water partition coefficient (Wildman–Crippen LogP) is 2.43. The summed E-state index contributed by atoms with van der Waals surface area (Å²) in [4.78, 5) is 15.6. The molecule has 3 rings (SSSR count). The summed E-state index contributed by atoms with van der Waals surface area (Å²) < 4.78 is 1.56. The molecule has 0 fully saturated rings. The zero-order valence-corrected chi connectivity index (χ0v) is 10.2. The first-order valence-electron chi connectivity index (χ1n) is 5.80. The highest BCUT2D eigenvalue weighted by molar-refractivity contribution is 5.93. The van der Waals surface area contributed by atoms with Crippen LogP contribution in [-0.2, 0) is 0 Å². The van der Waals surface area contributed by atoms with Crippen molar-refractivity contribution in [3.8, 4) is 5.82 Å². The summed E-state index contributed by atoms with van der Waals surface area (Å²) in [6, 6.07) is 9.29. The van der Waals surface area contributed by atoms with E-state index < -0.39 is 5.97 Å². The molecule has 19 heavy (non-hydrogen) atoms. The lowest BCUT2D eigenvalue weighted by Gasteiger charge is -2.08. The quantitative estimate of drug-likeness (QED) is 0.761. The van der Waals surface area contributed by atoms with Crippen LogP contribution < -0.4 is 0 Å². The first kappa shape index (κ1) is 11.4. The minimum absolute atomic E-state index is 0.177. The topological polar surface area (TPSA) is 68.0 Å². The molecule has 0 bridgehead atoms. The van der Waals surface area contributed by atoms with E-state index in [1.54, 1.807) is 30.1 Å². The number of aryl methyl sites for hydroxylation is 1. The molecule has 0 spiro atoms. The summed E-state index contributed by atoms with van der Waals surface area (Å²) in [5.74, 6) is -0.658. The molecule has 0 aliphatic carbocycles. The number of para-hydroxylation sites is 1. The third-order valence-electron chi connectivity index (χ3n) is 3.03. The maximum atomic E-state index is 11.4. The Morgan fingerprint density at radius 3 is 2.84 bits per heavy atom. The number of carboxylic acids is 1. The van der Waals surface area contributed by atoms with Gasteiger partial charge in [-0.25, -0.2) is 14.5 Å². The van der Waals surface area contributed by atoms with Crippen molar-refractivity contribution >= 4 is 16.9 Å². The van der Waals surface area contributed by atoms with Gasteiger partial charge in [0.05, 0.1) is 11.7 Å². The number of aromatic nitrogens is 3. The highest BCUT2D eigenvalue weighted by Crippen LogP contribution is 2.21. The second-order valence-corrected chi connectivity index (χ2v) is 4.25. The summed E-state index contributed by atoms with van der Waals surface area (Å²) in [5, 5.41) is 14.5. The summed E-state index contributed by atoms with van der Waals surface area (Å²) in [6.45, 7) is 1.75. The van der Waals surface area contributed by atoms with Crippen LogP contribution in [0.4, 0.5) is 0 Å². The van der Waals surface area contributed by atoms with E-state index in [0.717, 1.165) is 10.9 Å². The number of nitrogens with zero attached hydrogens (tertiary/aromatic N) is 3. The van der Waals surface area contributed by atoms with Crippen LogP contribution in [0.25, 0.3) is 16.7 Å². The molecule has 5 nitrogen and oxygen atoms in total. The molecule has 0 saturated heterocycles. The van der Waals surface area contributed by atoms with Crippen molar-refractivity contribution in [3.63, 3.8) is 0 Å². The summed E-state index contributed by atoms with van der Waals surface area (Å²) in [5.41, 5.74) is 1.68. The molecule has 0 aliphatic heterocycles. The Morgan fingerprint density at radius 2 is 2.05 bits per heavy atom. The second kappa shape index (κ2) is 4.20. The lowest BCUT2D eigenvalue weighted by atomic mass is 10.1. The molecule has 0 radical (unpaired) electrons. The average molecular weight is 253 g/mol. The molecule has 94 valence electrons. The van der Waals surface area contributed by atoms with Crippen molar-refractivity contribution in [1.82, 2.24) is 14.8 Å². The molecule has 0 saturated carbocycles. The largest absolute Gasteiger partial charge is 0.478 e. The molecule has 0 amide bonds. The summed E-state index contributed by atoms with van der Waals surface area (Å²) in [7, 11) is 0. The van der Waals surface area contributed by atoms with Crippen LogP contribution in [0.3, 0.4) is 0 Å². The normalized spacial score (nSPS) is 10.8. The smallest absolute Gasteiger partial charge is 0.339 e. The number of hydrogen-bond donors (Lipinski definition) is 1.